The van der Waals surface area contributed by atoms with Gasteiger partial charge in [0.05, 0.1) is 23.7 Å². The second kappa shape index (κ2) is 4.92. The quantitative estimate of drug-likeness (QED) is 0.865. The summed E-state index contributed by atoms with van der Waals surface area (Å²) in [5.74, 6) is 1.42. The lowest BCUT2D eigenvalue weighted by molar-refractivity contribution is 0.328. The van der Waals surface area contributed by atoms with E-state index in [4.69, 9.17) is 9.47 Å². The fourth-order valence-corrected chi connectivity index (χ4v) is 2.35. The Morgan fingerprint density at radius 2 is 2.12 bits per heavy atom. The Balaban J connectivity index is 2.70. The van der Waals surface area contributed by atoms with Crippen molar-refractivity contribution in [3.8, 4) is 11.6 Å². The monoisotopic (exact) mass is 295 g/mol. The number of pyridine rings is 1. The molecule has 90 valence electrons. The molecule has 0 atom stereocenters. The van der Waals surface area contributed by atoms with Crippen molar-refractivity contribution in [1.29, 1.82) is 0 Å². The predicted molar refractivity (Wildman–Crippen MR) is 71.9 cm³/mol. The zero-order valence-corrected chi connectivity index (χ0v) is 11.7. The van der Waals surface area contributed by atoms with Crippen LogP contribution in [0.25, 0.3) is 10.9 Å². The standard InChI is InChI=1S/C13H14BrNO2/c1-4-17-11-7-8(2)9-5-6-10(16-3)12(14)13(9)15-11/h5-7H,4H2,1-3H3. The fraction of sp³-hybridized carbons (Fsp3) is 0.308. The van der Waals surface area contributed by atoms with Crippen LogP contribution in [0.5, 0.6) is 11.6 Å². The summed E-state index contributed by atoms with van der Waals surface area (Å²) in [5.41, 5.74) is 2.01. The van der Waals surface area contributed by atoms with E-state index < -0.39 is 0 Å². The van der Waals surface area contributed by atoms with Crippen molar-refractivity contribution in [3.63, 3.8) is 0 Å². The molecule has 3 nitrogen and oxygen atoms in total. The van der Waals surface area contributed by atoms with Gasteiger partial charge in [-0.1, -0.05) is 0 Å². The summed E-state index contributed by atoms with van der Waals surface area (Å²) in [6.45, 7) is 4.60. The van der Waals surface area contributed by atoms with Gasteiger partial charge in [-0.25, -0.2) is 4.98 Å². The number of benzene rings is 1. The summed E-state index contributed by atoms with van der Waals surface area (Å²) >= 11 is 3.52. The average Bonchev–Trinajstić information content (AvgIpc) is 2.31. The minimum Gasteiger partial charge on any atom is -0.495 e. The molecule has 0 spiro atoms. The van der Waals surface area contributed by atoms with Crippen molar-refractivity contribution in [1.82, 2.24) is 4.98 Å². The first-order chi connectivity index (χ1) is 8.17. The molecule has 0 unspecified atom stereocenters. The van der Waals surface area contributed by atoms with Crippen LogP contribution < -0.4 is 9.47 Å². The SMILES string of the molecule is CCOc1cc(C)c2ccc(OC)c(Br)c2n1. The summed E-state index contributed by atoms with van der Waals surface area (Å²) < 4.78 is 11.6. The molecular weight excluding hydrogens is 282 g/mol. The molecule has 1 aromatic heterocycles. The lowest BCUT2D eigenvalue weighted by Gasteiger charge is -2.10. The van der Waals surface area contributed by atoms with E-state index in [9.17, 15) is 0 Å². The van der Waals surface area contributed by atoms with Crippen LogP contribution in [0.3, 0.4) is 0 Å². The number of fused-ring (bicyclic) bond motifs is 1. The van der Waals surface area contributed by atoms with Gasteiger partial charge in [-0.3, -0.25) is 0 Å². The smallest absolute Gasteiger partial charge is 0.214 e. The van der Waals surface area contributed by atoms with Crippen LogP contribution in [0.4, 0.5) is 0 Å². The van der Waals surface area contributed by atoms with E-state index in [2.05, 4.69) is 20.9 Å². The molecular formula is C13H14BrNO2. The van der Waals surface area contributed by atoms with Gasteiger partial charge < -0.3 is 9.47 Å². The highest BCUT2D eigenvalue weighted by Gasteiger charge is 2.10. The maximum absolute atomic E-state index is 5.45. The molecule has 1 heterocycles. The molecule has 0 radical (unpaired) electrons. The molecule has 4 heteroatoms. The van der Waals surface area contributed by atoms with E-state index >= 15 is 0 Å². The number of hydrogen-bond donors (Lipinski definition) is 0. The zero-order valence-electron chi connectivity index (χ0n) is 10.1. The van der Waals surface area contributed by atoms with E-state index in [1.807, 2.05) is 32.0 Å². The van der Waals surface area contributed by atoms with Crippen molar-refractivity contribution in [2.75, 3.05) is 13.7 Å². The zero-order chi connectivity index (χ0) is 12.4. The number of aromatic nitrogens is 1. The summed E-state index contributed by atoms with van der Waals surface area (Å²) in [4.78, 5) is 4.48. The van der Waals surface area contributed by atoms with Crippen LogP contribution in [-0.4, -0.2) is 18.7 Å². The van der Waals surface area contributed by atoms with E-state index in [1.54, 1.807) is 7.11 Å². The maximum Gasteiger partial charge on any atom is 0.214 e. The van der Waals surface area contributed by atoms with Crippen molar-refractivity contribution in [3.05, 3.63) is 28.2 Å². The lowest BCUT2D eigenvalue weighted by atomic mass is 10.1. The second-order valence-electron chi connectivity index (χ2n) is 3.69. The molecule has 0 aliphatic heterocycles. The molecule has 0 aliphatic carbocycles. The highest BCUT2D eigenvalue weighted by Crippen LogP contribution is 2.34. The van der Waals surface area contributed by atoms with Crippen molar-refractivity contribution < 1.29 is 9.47 Å². The second-order valence-corrected chi connectivity index (χ2v) is 4.48. The first-order valence-corrected chi connectivity index (χ1v) is 6.23. The van der Waals surface area contributed by atoms with Crippen LogP contribution in [-0.2, 0) is 0 Å². The molecule has 2 rings (SSSR count). The molecule has 0 saturated heterocycles. The molecule has 1 aromatic carbocycles. The molecule has 0 amide bonds. The van der Waals surface area contributed by atoms with Gasteiger partial charge in [0, 0.05) is 11.5 Å². The van der Waals surface area contributed by atoms with E-state index in [1.165, 1.54) is 0 Å². The molecule has 0 N–H and O–H groups in total. The van der Waals surface area contributed by atoms with Crippen molar-refractivity contribution >= 4 is 26.8 Å². The van der Waals surface area contributed by atoms with Gasteiger partial charge in [-0.2, -0.15) is 0 Å². The fourth-order valence-electron chi connectivity index (χ4n) is 1.76. The van der Waals surface area contributed by atoms with Gasteiger partial charge in [0.2, 0.25) is 5.88 Å². The predicted octanol–water partition coefficient (Wildman–Crippen LogP) is 3.71. The van der Waals surface area contributed by atoms with Crippen LogP contribution in [0.15, 0.2) is 22.7 Å². The molecule has 0 saturated carbocycles. The third-order valence-electron chi connectivity index (χ3n) is 2.58. The average molecular weight is 296 g/mol. The Morgan fingerprint density at radius 3 is 2.76 bits per heavy atom. The Bertz CT molecular complexity index is 555. The maximum atomic E-state index is 5.45. The molecule has 2 aromatic rings. The van der Waals surface area contributed by atoms with Crippen LogP contribution in [0, 0.1) is 6.92 Å². The summed E-state index contributed by atoms with van der Waals surface area (Å²) in [6.07, 6.45) is 0. The number of halogens is 1. The first kappa shape index (κ1) is 12.2. The summed E-state index contributed by atoms with van der Waals surface area (Å²) in [7, 11) is 1.64. The van der Waals surface area contributed by atoms with Crippen LogP contribution >= 0.6 is 15.9 Å². The third-order valence-corrected chi connectivity index (χ3v) is 3.35. The van der Waals surface area contributed by atoms with Gasteiger partial charge in [-0.15, -0.1) is 0 Å². The van der Waals surface area contributed by atoms with Crippen molar-refractivity contribution in [2.45, 2.75) is 13.8 Å². The Kier molecular flexibility index (Phi) is 3.52. The minimum atomic E-state index is 0.611. The topological polar surface area (TPSA) is 31.4 Å². The summed E-state index contributed by atoms with van der Waals surface area (Å²) in [6, 6.07) is 5.89. The molecule has 0 fully saturated rings. The van der Waals surface area contributed by atoms with E-state index in [-0.39, 0.29) is 0 Å². The molecule has 0 aliphatic rings. The molecule has 0 bridgehead atoms. The number of nitrogens with zero attached hydrogens (tertiary/aromatic N) is 1. The van der Waals surface area contributed by atoms with Gasteiger partial charge in [0.25, 0.3) is 0 Å². The van der Waals surface area contributed by atoms with Crippen molar-refractivity contribution in [2.24, 2.45) is 0 Å². The molecule has 17 heavy (non-hydrogen) atoms. The minimum absolute atomic E-state index is 0.611. The lowest BCUT2D eigenvalue weighted by Crippen LogP contribution is -1.97. The number of hydrogen-bond acceptors (Lipinski definition) is 3. The van der Waals surface area contributed by atoms with Gasteiger partial charge in [-0.05, 0) is 47.5 Å². The number of aryl methyl sites for hydroxylation is 1. The number of rotatable bonds is 3. The Hall–Kier alpha value is -1.29. The van der Waals surface area contributed by atoms with Gasteiger partial charge in [0.15, 0.2) is 0 Å². The van der Waals surface area contributed by atoms with Crippen LogP contribution in [0.2, 0.25) is 0 Å². The first-order valence-electron chi connectivity index (χ1n) is 5.44. The highest BCUT2D eigenvalue weighted by molar-refractivity contribution is 9.10. The number of ether oxygens (including phenoxy) is 2. The normalized spacial score (nSPS) is 10.6. The summed E-state index contributed by atoms with van der Waals surface area (Å²) in [5, 5.41) is 1.10. The van der Waals surface area contributed by atoms with E-state index in [0.717, 1.165) is 26.7 Å². The number of methoxy groups -OCH3 is 1. The van der Waals surface area contributed by atoms with E-state index in [0.29, 0.717) is 12.5 Å². The third kappa shape index (κ3) is 2.22. The van der Waals surface area contributed by atoms with Gasteiger partial charge in [0.1, 0.15) is 5.75 Å². The Labute approximate surface area is 109 Å². The highest BCUT2D eigenvalue weighted by atomic mass is 79.9. The largest absolute Gasteiger partial charge is 0.495 e. The van der Waals surface area contributed by atoms with Crippen LogP contribution in [0.1, 0.15) is 12.5 Å². The van der Waals surface area contributed by atoms with Gasteiger partial charge >= 0.3 is 0 Å². The Morgan fingerprint density at radius 1 is 1.35 bits per heavy atom.